The zero-order valence-electron chi connectivity index (χ0n) is 13.1. The van der Waals surface area contributed by atoms with Gasteiger partial charge in [0, 0.05) is 13.2 Å². The number of nitrogens with zero attached hydrogens (tertiary/aromatic N) is 2. The van der Waals surface area contributed by atoms with Crippen molar-refractivity contribution in [3.05, 3.63) is 53.7 Å². The molecule has 0 aliphatic rings. The molecule has 5 heteroatoms. The minimum Gasteiger partial charge on any atom is -0.492 e. The molecule has 0 N–H and O–H groups in total. The molecule has 0 saturated heterocycles. The monoisotopic (exact) mass is 300 g/mol. The molecule has 0 unspecified atom stereocenters. The van der Waals surface area contributed by atoms with Crippen LogP contribution in [0, 0.1) is 6.92 Å². The normalized spacial score (nSPS) is 10.1. The summed E-state index contributed by atoms with van der Waals surface area (Å²) >= 11 is 0. The van der Waals surface area contributed by atoms with Crippen LogP contribution >= 0.6 is 0 Å². The van der Waals surface area contributed by atoms with Crippen molar-refractivity contribution in [3.63, 3.8) is 0 Å². The summed E-state index contributed by atoms with van der Waals surface area (Å²) in [6, 6.07) is 11.2. The molecule has 22 heavy (non-hydrogen) atoms. The van der Waals surface area contributed by atoms with Crippen molar-refractivity contribution in [3.8, 4) is 11.6 Å². The van der Waals surface area contributed by atoms with Gasteiger partial charge in [-0.15, -0.1) is 0 Å². The summed E-state index contributed by atoms with van der Waals surface area (Å²) in [7, 11) is 3.23. The summed E-state index contributed by atoms with van der Waals surface area (Å²) < 4.78 is 10.7. The molecule has 0 aliphatic heterocycles. The first-order valence-electron chi connectivity index (χ1n) is 7.05. The van der Waals surface area contributed by atoms with E-state index in [2.05, 4.69) is 4.98 Å². The minimum absolute atomic E-state index is 0.141. The molecule has 2 rings (SSSR count). The van der Waals surface area contributed by atoms with Gasteiger partial charge in [0.25, 0.3) is 5.91 Å². The van der Waals surface area contributed by atoms with E-state index in [0.717, 1.165) is 5.75 Å². The van der Waals surface area contributed by atoms with E-state index in [9.17, 15) is 4.79 Å². The Hall–Kier alpha value is -2.56. The van der Waals surface area contributed by atoms with Gasteiger partial charge in [-0.1, -0.05) is 17.7 Å². The van der Waals surface area contributed by atoms with Gasteiger partial charge in [-0.25, -0.2) is 4.98 Å². The Morgan fingerprint density at radius 2 is 1.95 bits per heavy atom. The van der Waals surface area contributed by atoms with Crippen LogP contribution < -0.4 is 9.47 Å². The van der Waals surface area contributed by atoms with Crippen molar-refractivity contribution in [1.82, 2.24) is 9.88 Å². The van der Waals surface area contributed by atoms with E-state index in [1.807, 2.05) is 31.2 Å². The molecule has 0 saturated carbocycles. The number of hydrogen-bond acceptors (Lipinski definition) is 4. The lowest BCUT2D eigenvalue weighted by molar-refractivity contribution is 0.0769. The maximum Gasteiger partial charge on any atom is 0.259 e. The van der Waals surface area contributed by atoms with E-state index in [0.29, 0.717) is 24.6 Å². The number of aromatic nitrogens is 1. The quantitative estimate of drug-likeness (QED) is 0.822. The topological polar surface area (TPSA) is 51.7 Å². The summed E-state index contributed by atoms with van der Waals surface area (Å²) in [5, 5.41) is 0. The lowest BCUT2D eigenvalue weighted by atomic mass is 10.2. The van der Waals surface area contributed by atoms with Crippen LogP contribution in [0.3, 0.4) is 0 Å². The largest absolute Gasteiger partial charge is 0.492 e. The molecule has 5 nitrogen and oxygen atoms in total. The Morgan fingerprint density at radius 3 is 2.64 bits per heavy atom. The third-order valence-electron chi connectivity index (χ3n) is 3.26. The first kappa shape index (κ1) is 15.8. The predicted octanol–water partition coefficient (Wildman–Crippen LogP) is 2.55. The summed E-state index contributed by atoms with van der Waals surface area (Å²) in [5.74, 6) is 0.988. The van der Waals surface area contributed by atoms with E-state index < -0.39 is 0 Å². The van der Waals surface area contributed by atoms with E-state index in [4.69, 9.17) is 9.47 Å². The number of amides is 1. The molecule has 1 aromatic carbocycles. The fourth-order valence-electron chi connectivity index (χ4n) is 1.96. The number of ether oxygens (including phenoxy) is 2. The van der Waals surface area contributed by atoms with Gasteiger partial charge < -0.3 is 14.4 Å². The van der Waals surface area contributed by atoms with Crippen molar-refractivity contribution in [2.75, 3.05) is 27.3 Å². The molecule has 0 radical (unpaired) electrons. The fraction of sp³-hybridized carbons (Fsp3) is 0.294. The number of rotatable bonds is 6. The third-order valence-corrected chi connectivity index (χ3v) is 3.26. The molecular weight excluding hydrogens is 280 g/mol. The molecule has 0 bridgehead atoms. The highest BCUT2D eigenvalue weighted by atomic mass is 16.5. The molecule has 1 amide bonds. The minimum atomic E-state index is -0.141. The third kappa shape index (κ3) is 3.97. The van der Waals surface area contributed by atoms with Gasteiger partial charge in [-0.05, 0) is 31.2 Å². The van der Waals surface area contributed by atoms with Crippen LogP contribution in [0.2, 0.25) is 0 Å². The second-order valence-corrected chi connectivity index (χ2v) is 4.95. The summed E-state index contributed by atoms with van der Waals surface area (Å²) in [5.41, 5.74) is 1.63. The number of hydrogen-bond donors (Lipinski definition) is 0. The molecule has 0 aliphatic carbocycles. The van der Waals surface area contributed by atoms with Crippen LogP contribution in [0.1, 0.15) is 15.9 Å². The number of carbonyl (C=O) groups is 1. The molecule has 116 valence electrons. The first-order chi connectivity index (χ1) is 10.6. The van der Waals surface area contributed by atoms with Crippen LogP contribution in [-0.2, 0) is 0 Å². The van der Waals surface area contributed by atoms with Crippen molar-refractivity contribution in [1.29, 1.82) is 0 Å². The van der Waals surface area contributed by atoms with Crippen LogP contribution in [0.25, 0.3) is 0 Å². The number of pyridine rings is 1. The van der Waals surface area contributed by atoms with Gasteiger partial charge >= 0.3 is 0 Å². The van der Waals surface area contributed by atoms with E-state index >= 15 is 0 Å². The lowest BCUT2D eigenvalue weighted by Gasteiger charge is -2.18. The average Bonchev–Trinajstić information content (AvgIpc) is 2.55. The van der Waals surface area contributed by atoms with Gasteiger partial charge in [-0.3, -0.25) is 4.79 Å². The lowest BCUT2D eigenvalue weighted by Crippen LogP contribution is -2.31. The standard InChI is InChI=1S/C17H20N2O3/c1-13-6-8-14(9-7-13)22-12-11-19(2)17(20)15-5-4-10-18-16(15)21-3/h4-10H,11-12H2,1-3H3. The van der Waals surface area contributed by atoms with Crippen LogP contribution in [0.5, 0.6) is 11.6 Å². The Labute approximate surface area is 130 Å². The molecular formula is C17H20N2O3. The Bertz CT molecular complexity index is 626. The molecule has 0 fully saturated rings. The number of benzene rings is 1. The van der Waals surface area contributed by atoms with Crippen molar-refractivity contribution in [2.45, 2.75) is 6.92 Å². The van der Waals surface area contributed by atoms with Gasteiger partial charge in [-0.2, -0.15) is 0 Å². The summed E-state index contributed by atoms with van der Waals surface area (Å²) in [4.78, 5) is 18.0. The zero-order valence-corrected chi connectivity index (χ0v) is 13.1. The van der Waals surface area contributed by atoms with Gasteiger partial charge in [0.05, 0.1) is 13.7 Å². The summed E-state index contributed by atoms with van der Waals surface area (Å²) in [6.45, 7) is 2.93. The smallest absolute Gasteiger partial charge is 0.259 e. The number of likely N-dealkylation sites (N-methyl/N-ethyl adjacent to an activating group) is 1. The molecule has 0 atom stereocenters. The second kappa shape index (κ2) is 7.45. The maximum atomic E-state index is 12.4. The highest BCUT2D eigenvalue weighted by Crippen LogP contribution is 2.16. The van der Waals surface area contributed by atoms with Gasteiger partial charge in [0.1, 0.15) is 17.9 Å². The first-order valence-corrected chi connectivity index (χ1v) is 7.05. The Morgan fingerprint density at radius 1 is 1.23 bits per heavy atom. The Balaban J connectivity index is 1.90. The summed E-state index contributed by atoms with van der Waals surface area (Å²) in [6.07, 6.45) is 1.59. The SMILES string of the molecule is COc1ncccc1C(=O)N(C)CCOc1ccc(C)cc1. The van der Waals surface area contributed by atoms with Gasteiger partial charge in [0.15, 0.2) is 0 Å². The molecule has 1 heterocycles. The highest BCUT2D eigenvalue weighted by molar-refractivity contribution is 5.96. The van der Waals surface area contributed by atoms with Crippen LogP contribution in [0.15, 0.2) is 42.6 Å². The van der Waals surface area contributed by atoms with E-state index in [-0.39, 0.29) is 5.91 Å². The molecule has 1 aromatic heterocycles. The van der Waals surface area contributed by atoms with E-state index in [1.54, 1.807) is 30.3 Å². The molecule has 2 aromatic rings. The molecule has 0 spiro atoms. The van der Waals surface area contributed by atoms with Crippen LogP contribution in [-0.4, -0.2) is 43.1 Å². The number of aryl methyl sites for hydroxylation is 1. The van der Waals surface area contributed by atoms with Crippen molar-refractivity contribution in [2.24, 2.45) is 0 Å². The van der Waals surface area contributed by atoms with Crippen molar-refractivity contribution < 1.29 is 14.3 Å². The second-order valence-electron chi connectivity index (χ2n) is 4.95. The van der Waals surface area contributed by atoms with Crippen molar-refractivity contribution >= 4 is 5.91 Å². The van der Waals surface area contributed by atoms with Gasteiger partial charge in [0.2, 0.25) is 5.88 Å². The predicted molar refractivity (Wildman–Crippen MR) is 84.4 cm³/mol. The number of methoxy groups -OCH3 is 1. The van der Waals surface area contributed by atoms with E-state index in [1.165, 1.54) is 12.7 Å². The fourth-order valence-corrected chi connectivity index (χ4v) is 1.96. The maximum absolute atomic E-state index is 12.4. The zero-order chi connectivity index (χ0) is 15.9. The Kier molecular flexibility index (Phi) is 5.36. The van der Waals surface area contributed by atoms with Crippen LogP contribution in [0.4, 0.5) is 0 Å². The highest BCUT2D eigenvalue weighted by Gasteiger charge is 2.16. The average molecular weight is 300 g/mol. The number of carbonyl (C=O) groups excluding carboxylic acids is 1.